The highest BCUT2D eigenvalue weighted by molar-refractivity contribution is 5.90. The van der Waals surface area contributed by atoms with Crippen molar-refractivity contribution in [1.29, 1.82) is 0 Å². The first-order valence-corrected chi connectivity index (χ1v) is 5.98. The summed E-state index contributed by atoms with van der Waals surface area (Å²) >= 11 is 0. The van der Waals surface area contributed by atoms with E-state index >= 15 is 0 Å². The Morgan fingerprint density at radius 3 is 2.11 bits per heavy atom. The molecule has 1 rings (SSSR count). The van der Waals surface area contributed by atoms with Gasteiger partial charge in [0.1, 0.15) is 13.2 Å². The van der Waals surface area contributed by atoms with Crippen molar-refractivity contribution in [3.05, 3.63) is 47.0 Å². The van der Waals surface area contributed by atoms with Crippen molar-refractivity contribution in [2.24, 2.45) is 0 Å². The van der Waals surface area contributed by atoms with E-state index in [1.54, 1.807) is 19.1 Å². The van der Waals surface area contributed by atoms with E-state index in [1.807, 2.05) is 19.9 Å². The number of carbonyl (C=O) groups excluding carboxylic acids is 2. The Balaban J connectivity index is 2.43. The maximum atomic E-state index is 11.7. The van der Waals surface area contributed by atoms with E-state index in [0.29, 0.717) is 11.1 Å². The topological polar surface area (TPSA) is 52.6 Å². The fourth-order valence-corrected chi connectivity index (χ4v) is 1.57. The van der Waals surface area contributed by atoms with E-state index in [2.05, 4.69) is 6.58 Å². The van der Waals surface area contributed by atoms with Crippen LogP contribution in [0.25, 0.3) is 0 Å². The lowest BCUT2D eigenvalue weighted by Crippen LogP contribution is -2.14. The van der Waals surface area contributed by atoms with Gasteiger partial charge < -0.3 is 9.47 Å². The Labute approximate surface area is 113 Å². The molecule has 19 heavy (non-hydrogen) atoms. The van der Waals surface area contributed by atoms with Crippen LogP contribution in [-0.2, 0) is 14.3 Å². The van der Waals surface area contributed by atoms with Crippen molar-refractivity contribution < 1.29 is 19.1 Å². The van der Waals surface area contributed by atoms with Crippen LogP contribution in [0.15, 0.2) is 30.4 Å². The number of esters is 2. The second-order valence-electron chi connectivity index (χ2n) is 4.43. The molecule has 0 N–H and O–H groups in total. The van der Waals surface area contributed by atoms with Crippen molar-refractivity contribution >= 4 is 11.9 Å². The van der Waals surface area contributed by atoms with Crippen LogP contribution in [0.4, 0.5) is 0 Å². The van der Waals surface area contributed by atoms with Crippen molar-refractivity contribution in [2.75, 3.05) is 13.2 Å². The molecule has 0 spiro atoms. The molecule has 0 heterocycles. The van der Waals surface area contributed by atoms with Crippen LogP contribution in [0.1, 0.15) is 28.4 Å². The molecule has 4 nitrogen and oxygen atoms in total. The standard InChI is InChI=1S/C15H18O4/c1-10(2)14(16)18-5-6-19-15(17)13-8-11(3)7-12(4)9-13/h7-9H,1,5-6H2,2-4H3. The summed E-state index contributed by atoms with van der Waals surface area (Å²) in [6.07, 6.45) is 0. The zero-order valence-electron chi connectivity index (χ0n) is 11.5. The molecule has 0 amide bonds. The lowest BCUT2D eigenvalue weighted by molar-refractivity contribution is -0.140. The molecule has 0 atom stereocenters. The third-order valence-corrected chi connectivity index (χ3v) is 2.36. The number of ether oxygens (including phenoxy) is 2. The van der Waals surface area contributed by atoms with E-state index in [9.17, 15) is 9.59 Å². The van der Waals surface area contributed by atoms with Crippen LogP contribution >= 0.6 is 0 Å². The molecule has 1 aromatic rings. The van der Waals surface area contributed by atoms with Crippen LogP contribution in [0.2, 0.25) is 0 Å². The summed E-state index contributed by atoms with van der Waals surface area (Å²) in [7, 11) is 0. The average molecular weight is 262 g/mol. The maximum Gasteiger partial charge on any atom is 0.338 e. The van der Waals surface area contributed by atoms with E-state index in [4.69, 9.17) is 9.47 Å². The Bertz CT molecular complexity index is 483. The Kier molecular flexibility index (Phi) is 5.30. The minimum absolute atomic E-state index is 0.0300. The molecule has 0 radical (unpaired) electrons. The number of rotatable bonds is 5. The SMILES string of the molecule is C=C(C)C(=O)OCCOC(=O)c1cc(C)cc(C)c1. The molecule has 0 saturated heterocycles. The van der Waals surface area contributed by atoms with Crippen molar-refractivity contribution in [3.63, 3.8) is 0 Å². The molecule has 0 saturated carbocycles. The highest BCUT2D eigenvalue weighted by atomic mass is 16.6. The molecule has 0 bridgehead atoms. The Hall–Kier alpha value is -2.10. The second-order valence-corrected chi connectivity index (χ2v) is 4.43. The Morgan fingerprint density at radius 2 is 1.58 bits per heavy atom. The zero-order valence-corrected chi connectivity index (χ0v) is 11.5. The molecule has 1 aromatic carbocycles. The van der Waals surface area contributed by atoms with Crippen molar-refractivity contribution in [1.82, 2.24) is 0 Å². The van der Waals surface area contributed by atoms with Gasteiger partial charge in [0, 0.05) is 5.57 Å². The summed E-state index contributed by atoms with van der Waals surface area (Å²) in [5.41, 5.74) is 2.82. The summed E-state index contributed by atoms with van der Waals surface area (Å²) in [5.74, 6) is -0.902. The van der Waals surface area contributed by atoms with Gasteiger partial charge in [-0.1, -0.05) is 23.8 Å². The number of hydrogen-bond acceptors (Lipinski definition) is 4. The zero-order chi connectivity index (χ0) is 14.4. The number of hydrogen-bond donors (Lipinski definition) is 0. The second kappa shape index (κ2) is 6.73. The molecular weight excluding hydrogens is 244 g/mol. The molecule has 0 aromatic heterocycles. The van der Waals surface area contributed by atoms with Gasteiger partial charge in [-0.15, -0.1) is 0 Å². The van der Waals surface area contributed by atoms with Gasteiger partial charge in [0.15, 0.2) is 0 Å². The molecule has 0 aliphatic heterocycles. The number of carbonyl (C=O) groups is 2. The summed E-state index contributed by atoms with van der Waals surface area (Å²) < 4.78 is 9.84. The predicted molar refractivity (Wildman–Crippen MR) is 72.0 cm³/mol. The van der Waals surface area contributed by atoms with Crippen molar-refractivity contribution in [2.45, 2.75) is 20.8 Å². The Morgan fingerprint density at radius 1 is 1.05 bits per heavy atom. The van der Waals surface area contributed by atoms with Crippen LogP contribution in [0.3, 0.4) is 0 Å². The molecule has 0 unspecified atom stereocenters. The molecule has 0 aliphatic carbocycles. The first-order valence-electron chi connectivity index (χ1n) is 5.98. The van der Waals surface area contributed by atoms with E-state index in [1.165, 1.54) is 0 Å². The molecule has 4 heteroatoms. The highest BCUT2D eigenvalue weighted by Gasteiger charge is 2.09. The third kappa shape index (κ3) is 4.95. The summed E-state index contributed by atoms with van der Waals surface area (Å²) in [6.45, 7) is 8.91. The molecule has 0 fully saturated rings. The van der Waals surface area contributed by atoms with E-state index in [-0.39, 0.29) is 13.2 Å². The summed E-state index contributed by atoms with van der Waals surface area (Å²) in [4.78, 5) is 22.8. The lowest BCUT2D eigenvalue weighted by atomic mass is 10.1. The first kappa shape index (κ1) is 15.0. The van der Waals surface area contributed by atoms with E-state index in [0.717, 1.165) is 11.1 Å². The predicted octanol–water partition coefficient (Wildman–Crippen LogP) is 2.58. The van der Waals surface area contributed by atoms with Crippen molar-refractivity contribution in [3.8, 4) is 0 Å². The highest BCUT2D eigenvalue weighted by Crippen LogP contribution is 2.10. The quantitative estimate of drug-likeness (QED) is 0.465. The minimum atomic E-state index is -0.484. The van der Waals surface area contributed by atoms with Gasteiger partial charge in [0.25, 0.3) is 0 Å². The number of aryl methyl sites for hydroxylation is 2. The van der Waals surface area contributed by atoms with Gasteiger partial charge in [-0.2, -0.15) is 0 Å². The number of benzene rings is 1. The smallest absolute Gasteiger partial charge is 0.338 e. The fourth-order valence-electron chi connectivity index (χ4n) is 1.57. The molecule has 0 aliphatic rings. The monoisotopic (exact) mass is 262 g/mol. The minimum Gasteiger partial charge on any atom is -0.459 e. The van der Waals surface area contributed by atoms with Gasteiger partial charge in [0.2, 0.25) is 0 Å². The average Bonchev–Trinajstić information content (AvgIpc) is 2.32. The summed E-state index contributed by atoms with van der Waals surface area (Å²) in [6, 6.07) is 5.50. The third-order valence-electron chi connectivity index (χ3n) is 2.36. The van der Waals surface area contributed by atoms with E-state index < -0.39 is 11.9 Å². The van der Waals surface area contributed by atoms with Crippen LogP contribution in [0.5, 0.6) is 0 Å². The van der Waals surface area contributed by atoms with Gasteiger partial charge in [0.05, 0.1) is 5.56 Å². The summed E-state index contributed by atoms with van der Waals surface area (Å²) in [5, 5.41) is 0. The molecule has 102 valence electrons. The maximum absolute atomic E-state index is 11.7. The van der Waals surface area contributed by atoms with Gasteiger partial charge in [-0.3, -0.25) is 0 Å². The van der Waals surface area contributed by atoms with Crippen LogP contribution < -0.4 is 0 Å². The fraction of sp³-hybridized carbons (Fsp3) is 0.333. The first-order chi connectivity index (χ1) is 8.90. The van der Waals surface area contributed by atoms with Crippen LogP contribution in [0, 0.1) is 13.8 Å². The normalized spacial score (nSPS) is 9.84. The van der Waals surface area contributed by atoms with Crippen LogP contribution in [-0.4, -0.2) is 25.2 Å². The lowest BCUT2D eigenvalue weighted by Gasteiger charge is -2.07. The molecular formula is C15H18O4. The largest absolute Gasteiger partial charge is 0.459 e. The van der Waals surface area contributed by atoms with Gasteiger partial charge in [-0.25, -0.2) is 9.59 Å². The van der Waals surface area contributed by atoms with Gasteiger partial charge in [-0.05, 0) is 32.9 Å². The van der Waals surface area contributed by atoms with Gasteiger partial charge >= 0.3 is 11.9 Å².